The van der Waals surface area contributed by atoms with Gasteiger partial charge in [-0.2, -0.15) is 0 Å². The molecule has 0 aliphatic heterocycles. The Bertz CT molecular complexity index is 670. The number of halogens is 1. The number of nitrogens with one attached hydrogen (secondary N) is 2. The quantitative estimate of drug-likeness (QED) is 0.889. The van der Waals surface area contributed by atoms with Gasteiger partial charge in [0.15, 0.2) is 0 Å². The maximum absolute atomic E-state index is 12.8. The average molecular weight is 295 g/mol. The van der Waals surface area contributed by atoms with E-state index in [1.807, 2.05) is 6.92 Å². The average Bonchev–Trinajstić information content (AvgIpc) is 2.42. The molecule has 7 heteroatoms. The van der Waals surface area contributed by atoms with Crippen LogP contribution < -0.4 is 10.0 Å². The van der Waals surface area contributed by atoms with E-state index < -0.39 is 15.8 Å². The van der Waals surface area contributed by atoms with Crippen molar-refractivity contribution >= 4 is 21.5 Å². The Morgan fingerprint density at radius 1 is 1.15 bits per heavy atom. The smallest absolute Gasteiger partial charge is 0.263 e. The van der Waals surface area contributed by atoms with Crippen LogP contribution in [0.4, 0.5) is 15.9 Å². The van der Waals surface area contributed by atoms with E-state index in [0.717, 1.165) is 0 Å². The molecular formula is C13H14FN3O2S. The van der Waals surface area contributed by atoms with Gasteiger partial charge in [-0.1, -0.05) is 0 Å². The molecule has 1 aromatic carbocycles. The molecule has 0 spiro atoms. The molecule has 0 fully saturated rings. The van der Waals surface area contributed by atoms with Gasteiger partial charge in [-0.25, -0.2) is 17.8 Å². The van der Waals surface area contributed by atoms with Gasteiger partial charge in [0, 0.05) is 18.4 Å². The van der Waals surface area contributed by atoms with Gasteiger partial charge in [0.05, 0.1) is 0 Å². The number of anilines is 2. The highest BCUT2D eigenvalue weighted by Crippen LogP contribution is 2.16. The van der Waals surface area contributed by atoms with Crippen LogP contribution in [0, 0.1) is 5.82 Å². The lowest BCUT2D eigenvalue weighted by Crippen LogP contribution is -2.13. The van der Waals surface area contributed by atoms with Crippen LogP contribution in [0.3, 0.4) is 0 Å². The number of benzene rings is 1. The Labute approximate surface area is 116 Å². The molecule has 0 unspecified atom stereocenters. The fraction of sp³-hybridized carbons (Fsp3) is 0.154. The zero-order valence-corrected chi connectivity index (χ0v) is 11.6. The monoisotopic (exact) mass is 295 g/mol. The summed E-state index contributed by atoms with van der Waals surface area (Å²) >= 11 is 0. The zero-order chi connectivity index (χ0) is 14.6. The lowest BCUT2D eigenvalue weighted by molar-refractivity contribution is 0.600. The van der Waals surface area contributed by atoms with E-state index in [1.54, 1.807) is 6.07 Å². The second kappa shape index (κ2) is 5.87. The Hall–Kier alpha value is -2.15. The normalized spacial score (nSPS) is 11.1. The van der Waals surface area contributed by atoms with Gasteiger partial charge in [-0.3, -0.25) is 4.72 Å². The van der Waals surface area contributed by atoms with Gasteiger partial charge in [-0.15, -0.1) is 0 Å². The number of hydrogen-bond acceptors (Lipinski definition) is 4. The van der Waals surface area contributed by atoms with Gasteiger partial charge in [0.25, 0.3) is 10.0 Å². The highest BCUT2D eigenvalue weighted by molar-refractivity contribution is 7.92. The van der Waals surface area contributed by atoms with Crippen LogP contribution in [-0.4, -0.2) is 19.9 Å². The van der Waals surface area contributed by atoms with Crippen LogP contribution in [0.1, 0.15) is 6.92 Å². The molecule has 0 radical (unpaired) electrons. The van der Waals surface area contributed by atoms with Crippen LogP contribution in [0.2, 0.25) is 0 Å². The minimum absolute atomic E-state index is 0.0449. The Balaban J connectivity index is 2.19. The highest BCUT2D eigenvalue weighted by Gasteiger charge is 2.14. The van der Waals surface area contributed by atoms with Crippen LogP contribution in [0.25, 0.3) is 0 Å². The largest absolute Gasteiger partial charge is 0.370 e. The summed E-state index contributed by atoms with van der Waals surface area (Å²) in [6, 6.07) is 8.12. The van der Waals surface area contributed by atoms with E-state index in [4.69, 9.17) is 0 Å². The first-order chi connectivity index (χ1) is 9.51. The third-order valence-corrected chi connectivity index (χ3v) is 3.87. The third kappa shape index (κ3) is 3.45. The van der Waals surface area contributed by atoms with E-state index in [2.05, 4.69) is 15.0 Å². The fourth-order valence-electron chi connectivity index (χ4n) is 1.56. The number of rotatable bonds is 5. The van der Waals surface area contributed by atoms with Crippen molar-refractivity contribution in [3.63, 3.8) is 0 Å². The maximum Gasteiger partial charge on any atom is 0.263 e. The fourth-order valence-corrected chi connectivity index (χ4v) is 2.56. The van der Waals surface area contributed by atoms with Gasteiger partial charge >= 0.3 is 0 Å². The highest BCUT2D eigenvalue weighted by atomic mass is 32.2. The summed E-state index contributed by atoms with van der Waals surface area (Å²) in [6.07, 6.45) is 1.27. The van der Waals surface area contributed by atoms with Crippen LogP contribution >= 0.6 is 0 Å². The molecule has 0 saturated carbocycles. The first-order valence-electron chi connectivity index (χ1n) is 5.99. The lowest BCUT2D eigenvalue weighted by Gasteiger charge is -2.08. The molecule has 1 heterocycles. The predicted molar refractivity (Wildman–Crippen MR) is 75.6 cm³/mol. The maximum atomic E-state index is 12.8. The van der Waals surface area contributed by atoms with Crippen LogP contribution in [-0.2, 0) is 10.0 Å². The summed E-state index contributed by atoms with van der Waals surface area (Å²) in [5.41, 5.74) is 0.294. The first kappa shape index (κ1) is 14.3. The molecule has 0 bridgehead atoms. The van der Waals surface area contributed by atoms with Crippen molar-refractivity contribution in [1.29, 1.82) is 0 Å². The van der Waals surface area contributed by atoms with Crippen LogP contribution in [0.5, 0.6) is 0 Å². The molecule has 0 saturated heterocycles. The zero-order valence-electron chi connectivity index (χ0n) is 10.8. The Morgan fingerprint density at radius 3 is 2.40 bits per heavy atom. The number of nitrogens with zero attached hydrogens (tertiary/aromatic N) is 1. The SMILES string of the molecule is CCNc1ccc(S(=O)(=O)Nc2ccc(F)cc2)cn1. The van der Waals surface area contributed by atoms with Gasteiger partial charge in [-0.05, 0) is 43.3 Å². The molecule has 0 aliphatic carbocycles. The number of hydrogen-bond donors (Lipinski definition) is 2. The summed E-state index contributed by atoms with van der Waals surface area (Å²) in [7, 11) is -3.72. The number of aromatic nitrogens is 1. The van der Waals surface area contributed by atoms with Crippen molar-refractivity contribution in [2.75, 3.05) is 16.6 Å². The van der Waals surface area contributed by atoms with Crippen molar-refractivity contribution in [1.82, 2.24) is 4.98 Å². The van der Waals surface area contributed by atoms with E-state index in [9.17, 15) is 12.8 Å². The summed E-state index contributed by atoms with van der Waals surface area (Å²) in [5.74, 6) is 0.179. The Kier molecular flexibility index (Phi) is 4.19. The van der Waals surface area contributed by atoms with Crippen molar-refractivity contribution in [3.8, 4) is 0 Å². The standard InChI is InChI=1S/C13H14FN3O2S/c1-2-15-13-8-7-12(9-16-13)20(18,19)17-11-5-3-10(14)4-6-11/h3-9,17H,2H2,1H3,(H,15,16). The van der Waals surface area contributed by atoms with Gasteiger partial charge < -0.3 is 5.32 Å². The van der Waals surface area contributed by atoms with Crippen LogP contribution in [0.15, 0.2) is 47.5 Å². The lowest BCUT2D eigenvalue weighted by atomic mass is 10.3. The van der Waals surface area contributed by atoms with Gasteiger partial charge in [0.1, 0.15) is 16.5 Å². The topological polar surface area (TPSA) is 71.1 Å². The van der Waals surface area contributed by atoms with Crippen molar-refractivity contribution in [2.24, 2.45) is 0 Å². The molecule has 2 aromatic rings. The molecule has 0 aliphatic rings. The van der Waals surface area contributed by atoms with E-state index in [1.165, 1.54) is 36.5 Å². The van der Waals surface area contributed by atoms with Crippen molar-refractivity contribution < 1.29 is 12.8 Å². The Morgan fingerprint density at radius 2 is 1.85 bits per heavy atom. The van der Waals surface area contributed by atoms with E-state index >= 15 is 0 Å². The third-order valence-electron chi connectivity index (χ3n) is 2.50. The molecule has 106 valence electrons. The summed E-state index contributed by atoms with van der Waals surface area (Å²) < 4.78 is 39.3. The summed E-state index contributed by atoms with van der Waals surface area (Å²) in [5, 5.41) is 2.97. The minimum atomic E-state index is -3.72. The molecule has 2 rings (SSSR count). The number of sulfonamides is 1. The number of pyridine rings is 1. The molecule has 5 nitrogen and oxygen atoms in total. The van der Waals surface area contributed by atoms with Gasteiger partial charge in [0.2, 0.25) is 0 Å². The molecule has 1 aromatic heterocycles. The summed E-state index contributed by atoms with van der Waals surface area (Å²) in [4.78, 5) is 4.05. The first-order valence-corrected chi connectivity index (χ1v) is 7.48. The molecule has 2 N–H and O–H groups in total. The summed E-state index contributed by atoms with van der Waals surface area (Å²) in [6.45, 7) is 2.62. The van der Waals surface area contributed by atoms with Crippen molar-refractivity contribution in [2.45, 2.75) is 11.8 Å². The molecular weight excluding hydrogens is 281 g/mol. The predicted octanol–water partition coefficient (Wildman–Crippen LogP) is 2.45. The second-order valence-corrected chi connectivity index (χ2v) is 5.70. The molecule has 0 amide bonds. The second-order valence-electron chi connectivity index (χ2n) is 4.02. The minimum Gasteiger partial charge on any atom is -0.370 e. The molecule has 20 heavy (non-hydrogen) atoms. The van der Waals surface area contributed by atoms with E-state index in [-0.39, 0.29) is 4.90 Å². The van der Waals surface area contributed by atoms with Crippen molar-refractivity contribution in [3.05, 3.63) is 48.4 Å². The van der Waals surface area contributed by atoms with E-state index in [0.29, 0.717) is 18.1 Å². The molecule has 0 atom stereocenters.